The van der Waals surface area contributed by atoms with E-state index in [9.17, 15) is 9.59 Å². The molecule has 0 atom stereocenters. The number of nitrogens with one attached hydrogen (secondary N) is 2. The van der Waals surface area contributed by atoms with Gasteiger partial charge in [-0.25, -0.2) is 0 Å². The fourth-order valence-corrected chi connectivity index (χ4v) is 3.06. The lowest BCUT2D eigenvalue weighted by Gasteiger charge is -2.07. The lowest BCUT2D eigenvalue weighted by molar-refractivity contribution is 0.0961. The van der Waals surface area contributed by atoms with Crippen LogP contribution >= 0.6 is 15.9 Å². The van der Waals surface area contributed by atoms with Crippen molar-refractivity contribution in [3.8, 4) is 0 Å². The second-order valence-electron chi connectivity index (χ2n) is 5.65. The van der Waals surface area contributed by atoms with Crippen molar-refractivity contribution < 1.29 is 9.59 Å². The molecule has 0 aliphatic rings. The summed E-state index contributed by atoms with van der Waals surface area (Å²) >= 11 is 3.50. The van der Waals surface area contributed by atoms with E-state index in [4.69, 9.17) is 0 Å². The third-order valence-corrected chi connectivity index (χ3v) is 4.90. The molecule has 0 saturated carbocycles. The maximum Gasteiger partial charge on any atom is 0.276 e. The number of aryl methyl sites for hydroxylation is 2. The van der Waals surface area contributed by atoms with Crippen molar-refractivity contribution >= 4 is 44.3 Å². The molecular weight excluding hydrogens is 384 g/mol. The van der Waals surface area contributed by atoms with Gasteiger partial charge in [-0.1, -0.05) is 22.0 Å². The van der Waals surface area contributed by atoms with E-state index in [2.05, 4.69) is 31.7 Å². The first-order chi connectivity index (χ1) is 11.9. The quantitative estimate of drug-likeness (QED) is 0.708. The summed E-state index contributed by atoms with van der Waals surface area (Å²) in [6, 6.07) is 10.6. The third-order valence-electron chi connectivity index (χ3n) is 4.04. The Balaban J connectivity index is 1.99. The van der Waals surface area contributed by atoms with Crippen LogP contribution in [-0.2, 0) is 7.05 Å². The summed E-state index contributed by atoms with van der Waals surface area (Å²) in [6.45, 7) is 1.94. The first-order valence-corrected chi connectivity index (χ1v) is 8.47. The number of hydrogen-bond donors (Lipinski definition) is 2. The molecular formula is C18H17BrN4O2. The van der Waals surface area contributed by atoms with Gasteiger partial charge in [0, 0.05) is 35.2 Å². The van der Waals surface area contributed by atoms with Gasteiger partial charge in [-0.15, -0.1) is 0 Å². The average molecular weight is 401 g/mol. The molecule has 2 aromatic carbocycles. The number of carbonyl (C=O) groups is 2. The van der Waals surface area contributed by atoms with Gasteiger partial charge in [-0.05, 0) is 42.8 Å². The molecule has 3 rings (SSSR count). The third kappa shape index (κ3) is 3.15. The van der Waals surface area contributed by atoms with Gasteiger partial charge in [0.05, 0.1) is 5.52 Å². The van der Waals surface area contributed by atoms with Crippen LogP contribution in [0.25, 0.3) is 10.9 Å². The fourth-order valence-electron chi connectivity index (χ4n) is 2.73. The van der Waals surface area contributed by atoms with E-state index in [1.165, 1.54) is 0 Å². The Morgan fingerprint density at radius 2 is 1.92 bits per heavy atom. The number of rotatable bonds is 3. The summed E-state index contributed by atoms with van der Waals surface area (Å²) < 4.78 is 2.61. The molecule has 25 heavy (non-hydrogen) atoms. The normalized spacial score (nSPS) is 10.7. The number of hydrogen-bond acceptors (Lipinski definition) is 3. The molecule has 0 bridgehead atoms. The summed E-state index contributed by atoms with van der Waals surface area (Å²) in [5, 5.41) is 10.6. The van der Waals surface area contributed by atoms with Crippen molar-refractivity contribution in [2.75, 3.05) is 12.4 Å². The zero-order valence-electron chi connectivity index (χ0n) is 14.1. The maximum atomic E-state index is 12.8. The Kier molecular flexibility index (Phi) is 4.59. The summed E-state index contributed by atoms with van der Waals surface area (Å²) in [5.41, 5.74) is 3.20. The van der Waals surface area contributed by atoms with E-state index >= 15 is 0 Å². The van der Waals surface area contributed by atoms with E-state index in [-0.39, 0.29) is 11.8 Å². The Hall–Kier alpha value is -2.67. The highest BCUT2D eigenvalue weighted by Gasteiger charge is 2.19. The van der Waals surface area contributed by atoms with Crippen molar-refractivity contribution in [3.63, 3.8) is 0 Å². The SMILES string of the molecule is CNC(=O)c1cccc(NC(=O)c2nn(C)c3ccc(Br)c(C)c23)c1. The molecule has 3 aromatic rings. The minimum Gasteiger partial charge on any atom is -0.355 e. The van der Waals surface area contributed by atoms with Crippen LogP contribution in [0.2, 0.25) is 0 Å². The molecule has 1 aromatic heterocycles. The van der Waals surface area contributed by atoms with Crippen molar-refractivity contribution in [1.82, 2.24) is 15.1 Å². The minimum atomic E-state index is -0.319. The maximum absolute atomic E-state index is 12.8. The predicted octanol–water partition coefficient (Wildman–Crippen LogP) is 3.26. The molecule has 128 valence electrons. The highest BCUT2D eigenvalue weighted by atomic mass is 79.9. The van der Waals surface area contributed by atoms with Crippen LogP contribution in [0.4, 0.5) is 5.69 Å². The summed E-state index contributed by atoms with van der Waals surface area (Å²) in [4.78, 5) is 24.5. The monoisotopic (exact) mass is 400 g/mol. The lowest BCUT2D eigenvalue weighted by atomic mass is 10.1. The van der Waals surface area contributed by atoms with E-state index in [1.807, 2.05) is 19.1 Å². The average Bonchev–Trinajstić information content (AvgIpc) is 2.95. The highest BCUT2D eigenvalue weighted by Crippen LogP contribution is 2.28. The van der Waals surface area contributed by atoms with Crippen LogP contribution in [0.1, 0.15) is 26.4 Å². The van der Waals surface area contributed by atoms with Crippen molar-refractivity contribution in [1.29, 1.82) is 0 Å². The Morgan fingerprint density at radius 1 is 1.16 bits per heavy atom. The number of carbonyl (C=O) groups excluding carboxylic acids is 2. The Bertz CT molecular complexity index is 994. The molecule has 0 aliphatic heterocycles. The van der Waals surface area contributed by atoms with E-state index in [1.54, 1.807) is 43.0 Å². The summed E-state index contributed by atoms with van der Waals surface area (Å²) in [5.74, 6) is -0.528. The Morgan fingerprint density at radius 3 is 2.64 bits per heavy atom. The second kappa shape index (κ2) is 6.68. The molecule has 0 aliphatic carbocycles. The van der Waals surface area contributed by atoms with Gasteiger partial charge < -0.3 is 10.6 Å². The smallest absolute Gasteiger partial charge is 0.276 e. The molecule has 0 fully saturated rings. The van der Waals surface area contributed by atoms with Gasteiger partial charge >= 0.3 is 0 Å². The van der Waals surface area contributed by atoms with E-state index in [0.717, 1.165) is 20.9 Å². The van der Waals surface area contributed by atoms with Gasteiger partial charge in [-0.2, -0.15) is 5.10 Å². The van der Waals surface area contributed by atoms with Gasteiger partial charge in [0.1, 0.15) is 0 Å². The van der Waals surface area contributed by atoms with Crippen molar-refractivity contribution in [3.05, 3.63) is 57.7 Å². The van der Waals surface area contributed by atoms with Crippen LogP contribution in [-0.4, -0.2) is 28.6 Å². The number of amides is 2. The number of anilines is 1. The van der Waals surface area contributed by atoms with Crippen LogP contribution < -0.4 is 10.6 Å². The predicted molar refractivity (Wildman–Crippen MR) is 101 cm³/mol. The standard InChI is InChI=1S/C18H17BrN4O2/c1-10-13(19)7-8-14-15(10)16(22-23(14)3)18(25)21-12-6-4-5-11(9-12)17(24)20-2/h4-9H,1-3H3,(H,20,24)(H,21,25). The van der Waals surface area contributed by atoms with Gasteiger partial charge in [0.15, 0.2) is 5.69 Å². The van der Waals surface area contributed by atoms with Gasteiger partial charge in [0.2, 0.25) is 0 Å². The topological polar surface area (TPSA) is 76.0 Å². The number of benzene rings is 2. The minimum absolute atomic E-state index is 0.209. The summed E-state index contributed by atoms with van der Waals surface area (Å²) in [6.07, 6.45) is 0. The fraction of sp³-hybridized carbons (Fsp3) is 0.167. The molecule has 0 radical (unpaired) electrons. The second-order valence-corrected chi connectivity index (χ2v) is 6.51. The van der Waals surface area contributed by atoms with Crippen LogP contribution in [0.5, 0.6) is 0 Å². The number of halogens is 1. The molecule has 6 nitrogen and oxygen atoms in total. The van der Waals surface area contributed by atoms with Crippen LogP contribution in [0, 0.1) is 6.92 Å². The molecule has 7 heteroatoms. The van der Waals surface area contributed by atoms with Gasteiger partial charge in [0.25, 0.3) is 11.8 Å². The molecule has 2 N–H and O–H groups in total. The number of nitrogens with zero attached hydrogens (tertiary/aromatic N) is 2. The molecule has 0 spiro atoms. The molecule has 0 saturated heterocycles. The number of fused-ring (bicyclic) bond motifs is 1. The number of aromatic nitrogens is 2. The first kappa shape index (κ1) is 17.2. The lowest BCUT2D eigenvalue weighted by Crippen LogP contribution is -2.18. The zero-order chi connectivity index (χ0) is 18.1. The van der Waals surface area contributed by atoms with Gasteiger partial charge in [-0.3, -0.25) is 14.3 Å². The first-order valence-electron chi connectivity index (χ1n) is 7.67. The highest BCUT2D eigenvalue weighted by molar-refractivity contribution is 9.10. The van der Waals surface area contributed by atoms with E-state index < -0.39 is 0 Å². The molecule has 2 amide bonds. The van der Waals surface area contributed by atoms with Crippen LogP contribution in [0.3, 0.4) is 0 Å². The van der Waals surface area contributed by atoms with E-state index in [0.29, 0.717) is 16.9 Å². The van der Waals surface area contributed by atoms with Crippen molar-refractivity contribution in [2.24, 2.45) is 7.05 Å². The summed E-state index contributed by atoms with van der Waals surface area (Å²) in [7, 11) is 3.37. The largest absolute Gasteiger partial charge is 0.355 e. The molecule has 1 heterocycles. The van der Waals surface area contributed by atoms with Crippen molar-refractivity contribution in [2.45, 2.75) is 6.92 Å². The zero-order valence-corrected chi connectivity index (χ0v) is 15.6. The van der Waals surface area contributed by atoms with Crippen LogP contribution in [0.15, 0.2) is 40.9 Å². The molecule has 0 unspecified atom stereocenters. The Labute approximate surface area is 153 Å².